The Morgan fingerprint density at radius 1 is 1.18 bits per heavy atom. The second-order valence-electron chi connectivity index (χ2n) is 6.97. The lowest BCUT2D eigenvalue weighted by Gasteiger charge is -2.18. The van der Waals surface area contributed by atoms with Crippen LogP contribution in [0.25, 0.3) is 16.3 Å². The van der Waals surface area contributed by atoms with Crippen LogP contribution in [0.2, 0.25) is 0 Å². The highest BCUT2D eigenvalue weighted by Crippen LogP contribution is 2.46. The first-order valence-corrected chi connectivity index (χ1v) is 14.9. The number of aryl methyl sites for hydroxylation is 1. The van der Waals surface area contributed by atoms with Crippen LogP contribution in [0.15, 0.2) is 69.4 Å². The molecule has 4 rings (SSSR count). The molecule has 2 aromatic carbocycles. The summed E-state index contributed by atoms with van der Waals surface area (Å²) in [5, 5.41) is 11.5. The minimum atomic E-state index is -3.72. The zero-order valence-corrected chi connectivity index (χ0v) is 22.1. The predicted molar refractivity (Wildman–Crippen MR) is 139 cm³/mol. The number of para-hydroxylation sites is 2. The minimum absolute atomic E-state index is 0.681. The predicted octanol–water partition coefficient (Wildman–Crippen LogP) is 4.62. The van der Waals surface area contributed by atoms with Gasteiger partial charge in [-0.2, -0.15) is 4.57 Å². The number of hydrogen-bond acceptors (Lipinski definition) is 8. The Kier molecular flexibility index (Phi) is 9.02. The summed E-state index contributed by atoms with van der Waals surface area (Å²) >= 11 is 5.55. The number of nitrogens with zero attached hydrogens (tertiary/aromatic N) is 2. The molecule has 0 radical (unpaired) electrons. The monoisotopic (exact) mass is 522 g/mol. The molecule has 10 heteroatoms. The van der Waals surface area contributed by atoms with Crippen molar-refractivity contribution in [1.29, 1.82) is 0 Å². The summed E-state index contributed by atoms with van der Waals surface area (Å²) < 4.78 is 25.3. The maximum atomic E-state index is 9.47. The van der Waals surface area contributed by atoms with Crippen LogP contribution in [-0.2, 0) is 21.0 Å². The van der Waals surface area contributed by atoms with Crippen LogP contribution in [0, 0.1) is 0 Å². The van der Waals surface area contributed by atoms with Crippen molar-refractivity contribution in [3.05, 3.63) is 69.5 Å². The van der Waals surface area contributed by atoms with Gasteiger partial charge in [-0.15, -0.1) is 11.8 Å². The normalized spacial score (nSPS) is 15.0. The van der Waals surface area contributed by atoms with Gasteiger partial charge in [0.2, 0.25) is 5.52 Å². The van der Waals surface area contributed by atoms with Gasteiger partial charge in [-0.25, -0.2) is 8.42 Å². The molecule has 0 N–H and O–H groups in total. The summed E-state index contributed by atoms with van der Waals surface area (Å²) in [6.45, 7) is 6.40. The number of fused-ring (bicyclic) bond motifs is 2. The van der Waals surface area contributed by atoms with Gasteiger partial charge in [0.25, 0.3) is 15.1 Å². The summed E-state index contributed by atoms with van der Waals surface area (Å²) in [6, 6.07) is 17.3. The van der Waals surface area contributed by atoms with Gasteiger partial charge in [0.05, 0.1) is 17.0 Å². The molecule has 176 valence electrons. The van der Waals surface area contributed by atoms with Crippen molar-refractivity contribution >= 4 is 67.0 Å². The SMILES string of the molecule is CCN1/C(=C/C(=C/c2sc3ccccc3[n+]2CC)SC)Sc2ccccc21.CS(=O)(=O)O[O-]. The fourth-order valence-electron chi connectivity index (χ4n) is 3.38. The van der Waals surface area contributed by atoms with Gasteiger partial charge in [-0.3, -0.25) is 0 Å². The first-order valence-electron chi connectivity index (χ1n) is 10.3. The molecule has 0 bridgehead atoms. The van der Waals surface area contributed by atoms with E-state index < -0.39 is 10.1 Å². The second-order valence-corrected chi connectivity index (χ2v) is 11.5. The van der Waals surface area contributed by atoms with E-state index in [-0.39, 0.29) is 0 Å². The number of hydrogen-bond donors (Lipinski definition) is 0. The molecule has 0 unspecified atom stereocenters. The van der Waals surface area contributed by atoms with Crippen molar-refractivity contribution in [3.8, 4) is 0 Å². The molecule has 0 saturated heterocycles. The lowest BCUT2D eigenvalue weighted by molar-refractivity contribution is -0.665. The second kappa shape index (κ2) is 11.5. The molecule has 2 heterocycles. The van der Waals surface area contributed by atoms with Gasteiger partial charge >= 0.3 is 0 Å². The van der Waals surface area contributed by atoms with E-state index >= 15 is 0 Å². The Morgan fingerprint density at radius 3 is 2.48 bits per heavy atom. The summed E-state index contributed by atoms with van der Waals surface area (Å²) in [5.41, 5.74) is 2.64. The standard InChI is InChI=1S/C22H23N2S3.CH4O4S/c1-4-23-17-10-6-8-12-19(17)26-21(23)14-16(25-3)15-22-24(5-2)18-11-7-9-13-20(18)27-22;1-6(3,4)5-2/h6-15H,4-5H2,1-3H3;2H,1H3/q+1;/p-1. The molecule has 1 aliphatic heterocycles. The molecule has 0 saturated carbocycles. The summed E-state index contributed by atoms with van der Waals surface area (Å²) in [7, 11) is -3.72. The fourth-order valence-corrected chi connectivity index (χ4v) is 6.34. The van der Waals surface area contributed by atoms with Crippen molar-refractivity contribution in [2.45, 2.75) is 25.3 Å². The van der Waals surface area contributed by atoms with Crippen molar-refractivity contribution in [1.82, 2.24) is 0 Å². The third-order valence-electron chi connectivity index (χ3n) is 4.80. The number of rotatable bonds is 6. The van der Waals surface area contributed by atoms with Gasteiger partial charge in [-0.05, 0) is 44.4 Å². The van der Waals surface area contributed by atoms with E-state index in [1.165, 1.54) is 35.7 Å². The smallest absolute Gasteiger partial charge is 0.263 e. The van der Waals surface area contributed by atoms with Crippen LogP contribution >= 0.6 is 34.9 Å². The van der Waals surface area contributed by atoms with Gasteiger partial charge in [0.1, 0.15) is 11.2 Å². The van der Waals surface area contributed by atoms with Crippen LogP contribution in [0.3, 0.4) is 0 Å². The van der Waals surface area contributed by atoms with E-state index in [0.29, 0.717) is 6.26 Å². The topological polar surface area (TPSA) is 73.6 Å². The number of aromatic nitrogens is 1. The lowest BCUT2D eigenvalue weighted by atomic mass is 10.3. The Balaban J connectivity index is 0.000000454. The van der Waals surface area contributed by atoms with E-state index in [1.54, 1.807) is 0 Å². The Bertz CT molecular complexity index is 1280. The Hall–Kier alpha value is -1.82. The molecule has 0 atom stereocenters. The van der Waals surface area contributed by atoms with Gasteiger partial charge < -0.3 is 14.5 Å². The highest BCUT2D eigenvalue weighted by Gasteiger charge is 2.24. The fraction of sp³-hybridized carbons (Fsp3) is 0.261. The summed E-state index contributed by atoms with van der Waals surface area (Å²) in [4.78, 5) is 5.04. The van der Waals surface area contributed by atoms with Crippen molar-refractivity contribution in [2.75, 3.05) is 24.0 Å². The molecule has 0 spiro atoms. The highest BCUT2D eigenvalue weighted by atomic mass is 32.2. The van der Waals surface area contributed by atoms with Crippen molar-refractivity contribution in [2.24, 2.45) is 0 Å². The van der Waals surface area contributed by atoms with E-state index in [9.17, 15) is 8.42 Å². The van der Waals surface area contributed by atoms with E-state index in [2.05, 4.69) is 94.6 Å². The van der Waals surface area contributed by atoms with Crippen molar-refractivity contribution < 1.29 is 22.6 Å². The van der Waals surface area contributed by atoms with Crippen molar-refractivity contribution in [3.63, 3.8) is 0 Å². The Morgan fingerprint density at radius 2 is 1.85 bits per heavy atom. The number of allylic oxidation sites excluding steroid dienone is 1. The van der Waals surface area contributed by atoms with Gasteiger partial charge in [0.15, 0.2) is 0 Å². The average Bonchev–Trinajstić information content (AvgIpc) is 3.35. The minimum Gasteiger partial charge on any atom is -0.707 e. The first kappa shape index (κ1) is 25.8. The number of benzene rings is 2. The van der Waals surface area contributed by atoms with Crippen LogP contribution in [0.1, 0.15) is 18.9 Å². The van der Waals surface area contributed by atoms with Crippen LogP contribution in [0.5, 0.6) is 0 Å². The molecule has 33 heavy (non-hydrogen) atoms. The molecule has 0 amide bonds. The average molecular weight is 523 g/mol. The quantitative estimate of drug-likeness (QED) is 0.266. The first-order chi connectivity index (χ1) is 15.8. The third-order valence-corrected chi connectivity index (χ3v) is 7.98. The summed E-state index contributed by atoms with van der Waals surface area (Å²) in [5.74, 6) is 0. The van der Waals surface area contributed by atoms with Crippen LogP contribution in [0.4, 0.5) is 5.69 Å². The zero-order valence-electron chi connectivity index (χ0n) is 18.8. The molecule has 6 nitrogen and oxygen atoms in total. The number of thioether (sulfide) groups is 2. The molecule has 1 aromatic heterocycles. The molecule has 0 fully saturated rings. The maximum absolute atomic E-state index is 9.47. The molecular weight excluding hydrogens is 497 g/mol. The maximum Gasteiger partial charge on any atom is 0.263 e. The summed E-state index contributed by atoms with van der Waals surface area (Å²) in [6.07, 6.45) is 7.52. The van der Waals surface area contributed by atoms with E-state index in [0.717, 1.165) is 13.1 Å². The van der Waals surface area contributed by atoms with Crippen LogP contribution < -0.4 is 14.7 Å². The van der Waals surface area contributed by atoms with Gasteiger partial charge in [0, 0.05) is 28.5 Å². The number of anilines is 1. The molecule has 1 aliphatic rings. The highest BCUT2D eigenvalue weighted by molar-refractivity contribution is 8.04. The lowest BCUT2D eigenvalue weighted by Crippen LogP contribution is -2.33. The van der Waals surface area contributed by atoms with Gasteiger partial charge in [-0.1, -0.05) is 47.4 Å². The molecular formula is C23H26N2O4S4. The molecule has 0 aliphatic carbocycles. The molecule has 3 aromatic rings. The van der Waals surface area contributed by atoms with E-state index in [1.807, 2.05) is 34.9 Å². The number of thiazole rings is 1. The largest absolute Gasteiger partial charge is 0.707 e. The third kappa shape index (κ3) is 6.40. The Labute approximate surface area is 207 Å². The van der Waals surface area contributed by atoms with Crippen LogP contribution in [-0.4, -0.2) is 27.5 Å². The zero-order chi connectivity index (χ0) is 24.0. The van der Waals surface area contributed by atoms with E-state index in [4.69, 9.17) is 5.26 Å².